The molecule has 1 heterocycles. The zero-order chi connectivity index (χ0) is 17.8. The molecule has 1 aromatic heterocycles. The number of hydrogen-bond donors (Lipinski definition) is 3. The van der Waals surface area contributed by atoms with Crippen LogP contribution in [0.3, 0.4) is 0 Å². The lowest BCUT2D eigenvalue weighted by Crippen LogP contribution is -2.38. The molecule has 130 valence electrons. The number of aromatic nitrogens is 2. The highest BCUT2D eigenvalue weighted by Crippen LogP contribution is 2.17. The van der Waals surface area contributed by atoms with Crippen LogP contribution >= 0.6 is 0 Å². The number of carbonyl (C=O) groups is 1. The summed E-state index contributed by atoms with van der Waals surface area (Å²) >= 11 is 0. The molecule has 3 rings (SSSR count). The van der Waals surface area contributed by atoms with Crippen molar-refractivity contribution in [2.45, 2.75) is 32.6 Å². The zero-order valence-electron chi connectivity index (χ0n) is 14.2. The predicted octanol–water partition coefficient (Wildman–Crippen LogP) is 2.70. The Morgan fingerprint density at radius 3 is 2.80 bits per heavy atom. The maximum Gasteiger partial charge on any atom is 0.261 e. The van der Waals surface area contributed by atoms with E-state index < -0.39 is 6.10 Å². The third-order valence-corrected chi connectivity index (χ3v) is 3.94. The average molecular weight is 339 g/mol. The van der Waals surface area contributed by atoms with Crippen LogP contribution in [0, 0.1) is 0 Å². The summed E-state index contributed by atoms with van der Waals surface area (Å²) in [6.07, 6.45) is -0.666. The second-order valence-corrected chi connectivity index (χ2v) is 5.94. The second-order valence-electron chi connectivity index (χ2n) is 5.94. The summed E-state index contributed by atoms with van der Waals surface area (Å²) in [5, 5.41) is 12.1. The molecule has 2 unspecified atom stereocenters. The van der Waals surface area contributed by atoms with E-state index in [9.17, 15) is 4.79 Å². The lowest BCUT2D eigenvalue weighted by Gasteiger charge is -2.18. The summed E-state index contributed by atoms with van der Waals surface area (Å²) in [6, 6.07) is 14.5. The number of imidazole rings is 1. The molecule has 0 saturated carbocycles. The van der Waals surface area contributed by atoms with Crippen LogP contribution in [0.5, 0.6) is 5.75 Å². The maximum absolute atomic E-state index is 12.4. The minimum atomic E-state index is -0.666. The SMILES string of the molecule is CC(Oc1cccc(CO)c1)C(=O)NC(C)c1nc2ccccc2[nH]1. The number of H-pyrrole nitrogens is 1. The monoisotopic (exact) mass is 339 g/mol. The van der Waals surface area contributed by atoms with Crippen molar-refractivity contribution in [1.29, 1.82) is 0 Å². The molecule has 0 aliphatic carbocycles. The summed E-state index contributed by atoms with van der Waals surface area (Å²) in [5.74, 6) is 1.01. The van der Waals surface area contributed by atoms with Crippen LogP contribution in [0.1, 0.15) is 31.3 Å². The lowest BCUT2D eigenvalue weighted by molar-refractivity contribution is -0.128. The second kappa shape index (κ2) is 7.36. The first-order chi connectivity index (χ1) is 12.1. The Hall–Kier alpha value is -2.86. The summed E-state index contributed by atoms with van der Waals surface area (Å²) in [6.45, 7) is 3.49. The number of benzene rings is 2. The van der Waals surface area contributed by atoms with Crippen molar-refractivity contribution in [2.75, 3.05) is 0 Å². The number of rotatable bonds is 6. The van der Waals surface area contributed by atoms with Gasteiger partial charge in [-0.3, -0.25) is 4.79 Å². The first-order valence-corrected chi connectivity index (χ1v) is 8.18. The van der Waals surface area contributed by atoms with Gasteiger partial charge in [0.25, 0.3) is 5.91 Å². The normalized spacial score (nSPS) is 13.4. The van der Waals surface area contributed by atoms with E-state index in [4.69, 9.17) is 9.84 Å². The van der Waals surface area contributed by atoms with Crippen molar-refractivity contribution < 1.29 is 14.6 Å². The molecule has 0 bridgehead atoms. The van der Waals surface area contributed by atoms with Crippen molar-refractivity contribution in [3.05, 3.63) is 59.9 Å². The summed E-state index contributed by atoms with van der Waals surface area (Å²) < 4.78 is 5.66. The van der Waals surface area contributed by atoms with Crippen LogP contribution in [-0.2, 0) is 11.4 Å². The highest BCUT2D eigenvalue weighted by atomic mass is 16.5. The minimum Gasteiger partial charge on any atom is -0.481 e. The van der Waals surface area contributed by atoms with Crippen molar-refractivity contribution in [2.24, 2.45) is 0 Å². The average Bonchev–Trinajstić information content (AvgIpc) is 3.06. The molecule has 0 saturated heterocycles. The van der Waals surface area contributed by atoms with Gasteiger partial charge in [-0.15, -0.1) is 0 Å². The highest BCUT2D eigenvalue weighted by molar-refractivity contribution is 5.81. The first-order valence-electron chi connectivity index (χ1n) is 8.18. The largest absolute Gasteiger partial charge is 0.481 e. The van der Waals surface area contributed by atoms with Gasteiger partial charge in [0.15, 0.2) is 6.10 Å². The molecule has 0 fully saturated rings. The first kappa shape index (κ1) is 17.0. The van der Waals surface area contributed by atoms with E-state index in [0.717, 1.165) is 16.6 Å². The molecule has 1 amide bonds. The van der Waals surface area contributed by atoms with Crippen LogP contribution in [-0.4, -0.2) is 27.1 Å². The number of aliphatic hydroxyl groups is 1. The van der Waals surface area contributed by atoms with Gasteiger partial charge in [-0.1, -0.05) is 24.3 Å². The van der Waals surface area contributed by atoms with Gasteiger partial charge in [0.05, 0.1) is 23.7 Å². The topological polar surface area (TPSA) is 87.2 Å². The van der Waals surface area contributed by atoms with Gasteiger partial charge >= 0.3 is 0 Å². The molecule has 0 radical (unpaired) electrons. The van der Waals surface area contributed by atoms with Gasteiger partial charge < -0.3 is 20.1 Å². The van der Waals surface area contributed by atoms with Gasteiger partial charge in [-0.2, -0.15) is 0 Å². The van der Waals surface area contributed by atoms with Crippen molar-refractivity contribution >= 4 is 16.9 Å². The molecule has 3 N–H and O–H groups in total. The number of aromatic amines is 1. The number of hydrogen-bond acceptors (Lipinski definition) is 4. The molecule has 0 aliphatic heterocycles. The van der Waals surface area contributed by atoms with E-state index in [1.54, 1.807) is 31.2 Å². The molecule has 2 aromatic carbocycles. The number of ether oxygens (including phenoxy) is 1. The molecule has 0 aliphatic rings. The quantitative estimate of drug-likeness (QED) is 0.644. The summed E-state index contributed by atoms with van der Waals surface area (Å²) in [7, 11) is 0. The Balaban J connectivity index is 1.63. The van der Waals surface area contributed by atoms with Crippen LogP contribution in [0.4, 0.5) is 0 Å². The third kappa shape index (κ3) is 3.97. The smallest absolute Gasteiger partial charge is 0.261 e. The Bertz CT molecular complexity index is 842. The van der Waals surface area contributed by atoms with Gasteiger partial charge in [0, 0.05) is 0 Å². The molecule has 0 spiro atoms. The number of para-hydroxylation sites is 2. The molecule has 6 heteroatoms. The molecular weight excluding hydrogens is 318 g/mol. The number of aliphatic hydroxyl groups excluding tert-OH is 1. The van der Waals surface area contributed by atoms with Gasteiger partial charge in [-0.05, 0) is 43.7 Å². The fraction of sp³-hybridized carbons (Fsp3) is 0.263. The highest BCUT2D eigenvalue weighted by Gasteiger charge is 2.19. The molecule has 6 nitrogen and oxygen atoms in total. The Labute approximate surface area is 145 Å². The van der Waals surface area contributed by atoms with Gasteiger partial charge in [-0.25, -0.2) is 4.98 Å². The van der Waals surface area contributed by atoms with Gasteiger partial charge in [0.1, 0.15) is 11.6 Å². The third-order valence-electron chi connectivity index (χ3n) is 3.94. The van der Waals surface area contributed by atoms with E-state index in [1.807, 2.05) is 31.2 Å². The van der Waals surface area contributed by atoms with E-state index in [1.165, 1.54) is 0 Å². The summed E-state index contributed by atoms with van der Waals surface area (Å²) in [5.41, 5.74) is 2.54. The van der Waals surface area contributed by atoms with Crippen molar-refractivity contribution in [3.8, 4) is 5.75 Å². The number of nitrogens with zero attached hydrogens (tertiary/aromatic N) is 1. The fourth-order valence-corrected chi connectivity index (χ4v) is 2.55. The molecule has 3 aromatic rings. The maximum atomic E-state index is 12.4. The summed E-state index contributed by atoms with van der Waals surface area (Å²) in [4.78, 5) is 20.1. The predicted molar refractivity (Wildman–Crippen MR) is 95.1 cm³/mol. The van der Waals surface area contributed by atoms with Crippen LogP contribution in [0.2, 0.25) is 0 Å². The van der Waals surface area contributed by atoms with E-state index in [0.29, 0.717) is 11.6 Å². The van der Waals surface area contributed by atoms with E-state index in [-0.39, 0.29) is 18.6 Å². The van der Waals surface area contributed by atoms with E-state index in [2.05, 4.69) is 15.3 Å². The van der Waals surface area contributed by atoms with Gasteiger partial charge in [0.2, 0.25) is 0 Å². The number of nitrogens with one attached hydrogen (secondary N) is 2. The Kier molecular flexibility index (Phi) is 5.00. The zero-order valence-corrected chi connectivity index (χ0v) is 14.2. The molecule has 2 atom stereocenters. The number of fused-ring (bicyclic) bond motifs is 1. The van der Waals surface area contributed by atoms with Crippen molar-refractivity contribution in [1.82, 2.24) is 15.3 Å². The fourth-order valence-electron chi connectivity index (χ4n) is 2.55. The van der Waals surface area contributed by atoms with Crippen LogP contribution < -0.4 is 10.1 Å². The van der Waals surface area contributed by atoms with Crippen LogP contribution in [0.25, 0.3) is 11.0 Å². The van der Waals surface area contributed by atoms with Crippen molar-refractivity contribution in [3.63, 3.8) is 0 Å². The standard InChI is InChI=1S/C19H21N3O3/c1-12(18-21-16-8-3-4-9-17(16)22-18)20-19(24)13(2)25-15-7-5-6-14(10-15)11-23/h3-10,12-13,23H,11H2,1-2H3,(H,20,24)(H,21,22). The Morgan fingerprint density at radius 2 is 2.04 bits per heavy atom. The van der Waals surface area contributed by atoms with Crippen LogP contribution in [0.15, 0.2) is 48.5 Å². The molecular formula is C19H21N3O3. The number of carbonyl (C=O) groups excluding carboxylic acids is 1. The minimum absolute atomic E-state index is 0.0686. The number of amides is 1. The molecule has 25 heavy (non-hydrogen) atoms. The van der Waals surface area contributed by atoms with E-state index >= 15 is 0 Å². The Morgan fingerprint density at radius 1 is 1.24 bits per heavy atom. The lowest BCUT2D eigenvalue weighted by atomic mass is 10.2.